The maximum absolute atomic E-state index is 12.6. The molecule has 1 aliphatic rings. The summed E-state index contributed by atoms with van der Waals surface area (Å²) in [4.78, 5) is 14.4. The molecule has 7 heteroatoms. The van der Waals surface area contributed by atoms with Crippen LogP contribution >= 0.6 is 0 Å². The van der Waals surface area contributed by atoms with Gasteiger partial charge in [-0.05, 0) is 12.1 Å². The van der Waals surface area contributed by atoms with E-state index >= 15 is 0 Å². The minimum atomic E-state index is -0.127. The molecule has 1 aromatic carbocycles. The van der Waals surface area contributed by atoms with E-state index in [4.69, 9.17) is 9.47 Å². The van der Waals surface area contributed by atoms with E-state index < -0.39 is 0 Å². The van der Waals surface area contributed by atoms with Crippen molar-refractivity contribution in [1.82, 2.24) is 19.9 Å². The van der Waals surface area contributed by atoms with Crippen molar-refractivity contribution in [3.05, 3.63) is 41.7 Å². The second-order valence-electron chi connectivity index (χ2n) is 4.97. The minimum Gasteiger partial charge on any atom is -0.378 e. The van der Waals surface area contributed by atoms with E-state index in [1.807, 2.05) is 30.3 Å². The molecule has 0 spiro atoms. The topological polar surface area (TPSA) is 69.5 Å². The lowest BCUT2D eigenvalue weighted by molar-refractivity contribution is 0.0296. The largest absolute Gasteiger partial charge is 0.378 e. The molecule has 0 aliphatic carbocycles. The maximum atomic E-state index is 12.6. The molecule has 1 aromatic heterocycles. The molecule has 1 amide bonds. The van der Waals surface area contributed by atoms with Crippen molar-refractivity contribution in [3.8, 4) is 5.69 Å². The molecule has 116 valence electrons. The summed E-state index contributed by atoms with van der Waals surface area (Å²) >= 11 is 0. The molecule has 1 fully saturated rings. The number of carbonyl (C=O) groups excluding carboxylic acids is 1. The van der Waals surface area contributed by atoms with Crippen molar-refractivity contribution in [3.63, 3.8) is 0 Å². The third-order valence-electron chi connectivity index (χ3n) is 3.55. The fourth-order valence-electron chi connectivity index (χ4n) is 2.43. The highest BCUT2D eigenvalue weighted by atomic mass is 16.5. The Morgan fingerprint density at radius 1 is 1.27 bits per heavy atom. The van der Waals surface area contributed by atoms with E-state index in [2.05, 4.69) is 10.3 Å². The Bertz CT molecular complexity index is 635. The first-order valence-electron chi connectivity index (χ1n) is 7.17. The molecule has 0 N–H and O–H groups in total. The number of carbonyl (C=O) groups is 1. The highest BCUT2D eigenvalue weighted by molar-refractivity contribution is 5.93. The number of hydrogen-bond donors (Lipinski definition) is 0. The van der Waals surface area contributed by atoms with Crippen LogP contribution in [-0.4, -0.2) is 59.2 Å². The van der Waals surface area contributed by atoms with E-state index in [0.29, 0.717) is 37.7 Å². The number of amides is 1. The molecule has 22 heavy (non-hydrogen) atoms. The van der Waals surface area contributed by atoms with Crippen LogP contribution in [0.3, 0.4) is 0 Å². The summed E-state index contributed by atoms with van der Waals surface area (Å²) in [6.45, 7) is 2.52. The van der Waals surface area contributed by atoms with Crippen LogP contribution in [0.25, 0.3) is 5.69 Å². The van der Waals surface area contributed by atoms with Crippen LogP contribution < -0.4 is 0 Å². The van der Waals surface area contributed by atoms with E-state index in [1.54, 1.807) is 16.7 Å². The molecule has 0 bridgehead atoms. The van der Waals surface area contributed by atoms with Gasteiger partial charge in [0.15, 0.2) is 5.69 Å². The van der Waals surface area contributed by atoms with Crippen LogP contribution in [0.2, 0.25) is 0 Å². The van der Waals surface area contributed by atoms with Crippen LogP contribution in [0.5, 0.6) is 0 Å². The number of hydrogen-bond acceptors (Lipinski definition) is 5. The highest BCUT2D eigenvalue weighted by Gasteiger charge is 2.26. The molecule has 0 unspecified atom stereocenters. The van der Waals surface area contributed by atoms with Gasteiger partial charge in [0.1, 0.15) is 5.69 Å². The quantitative estimate of drug-likeness (QED) is 0.839. The SMILES string of the molecule is COCc1c(C(=O)N2CCOCC2)nnn1-c1ccccc1. The maximum Gasteiger partial charge on any atom is 0.276 e. The third-order valence-corrected chi connectivity index (χ3v) is 3.55. The summed E-state index contributed by atoms with van der Waals surface area (Å²) in [5.41, 5.74) is 1.85. The first-order chi connectivity index (χ1) is 10.8. The number of ether oxygens (including phenoxy) is 2. The molecule has 7 nitrogen and oxygen atoms in total. The van der Waals surface area contributed by atoms with E-state index in [0.717, 1.165) is 5.69 Å². The van der Waals surface area contributed by atoms with Gasteiger partial charge in [0, 0.05) is 20.2 Å². The summed E-state index contributed by atoms with van der Waals surface area (Å²) in [7, 11) is 1.59. The average Bonchev–Trinajstić information content (AvgIpc) is 3.00. The lowest BCUT2D eigenvalue weighted by Crippen LogP contribution is -2.41. The molecule has 1 saturated heterocycles. The van der Waals surface area contributed by atoms with Crippen molar-refractivity contribution < 1.29 is 14.3 Å². The zero-order chi connectivity index (χ0) is 15.4. The van der Waals surface area contributed by atoms with Gasteiger partial charge in [-0.1, -0.05) is 23.4 Å². The summed E-state index contributed by atoms with van der Waals surface area (Å²) in [5, 5.41) is 8.22. The smallest absolute Gasteiger partial charge is 0.276 e. The first-order valence-corrected chi connectivity index (χ1v) is 7.17. The number of rotatable bonds is 4. The predicted octanol–water partition coefficient (Wildman–Crippen LogP) is 0.886. The van der Waals surface area contributed by atoms with Gasteiger partial charge in [-0.2, -0.15) is 0 Å². The standard InChI is InChI=1S/C15H18N4O3/c1-21-11-13-14(15(20)18-7-9-22-10-8-18)16-17-19(13)12-5-3-2-4-6-12/h2-6H,7-11H2,1H3. The highest BCUT2D eigenvalue weighted by Crippen LogP contribution is 2.16. The molecule has 0 saturated carbocycles. The molecule has 0 radical (unpaired) electrons. The van der Waals surface area contributed by atoms with Crippen LogP contribution in [0.15, 0.2) is 30.3 Å². The number of aromatic nitrogens is 3. The molecular weight excluding hydrogens is 284 g/mol. The summed E-state index contributed by atoms with van der Waals surface area (Å²) < 4.78 is 12.2. The van der Waals surface area contributed by atoms with Crippen LogP contribution in [0, 0.1) is 0 Å². The Hall–Kier alpha value is -2.25. The van der Waals surface area contributed by atoms with Crippen LogP contribution in [0.1, 0.15) is 16.2 Å². The number of morpholine rings is 1. The lowest BCUT2D eigenvalue weighted by atomic mass is 10.2. The van der Waals surface area contributed by atoms with Gasteiger partial charge < -0.3 is 14.4 Å². The summed E-state index contributed by atoms with van der Waals surface area (Å²) in [6, 6.07) is 9.58. The fourth-order valence-corrected chi connectivity index (χ4v) is 2.43. The van der Waals surface area contributed by atoms with Crippen molar-refractivity contribution >= 4 is 5.91 Å². The second-order valence-corrected chi connectivity index (χ2v) is 4.97. The Balaban J connectivity index is 1.94. The van der Waals surface area contributed by atoms with E-state index in [-0.39, 0.29) is 12.5 Å². The van der Waals surface area contributed by atoms with Gasteiger partial charge in [-0.3, -0.25) is 4.79 Å². The molecule has 2 aromatic rings. The predicted molar refractivity (Wildman–Crippen MR) is 78.8 cm³/mol. The van der Waals surface area contributed by atoms with Gasteiger partial charge in [0.05, 0.1) is 25.5 Å². The Morgan fingerprint density at radius 3 is 2.68 bits per heavy atom. The Labute approximate surface area is 128 Å². The van der Waals surface area contributed by atoms with Crippen LogP contribution in [0.4, 0.5) is 0 Å². The molecule has 3 rings (SSSR count). The van der Waals surface area contributed by atoms with Gasteiger partial charge in [-0.15, -0.1) is 5.10 Å². The summed E-state index contributed by atoms with van der Waals surface area (Å²) in [6.07, 6.45) is 0. The van der Waals surface area contributed by atoms with Gasteiger partial charge >= 0.3 is 0 Å². The normalized spacial score (nSPS) is 15.0. The summed E-state index contributed by atoms with van der Waals surface area (Å²) in [5.74, 6) is -0.127. The number of methoxy groups -OCH3 is 1. The van der Waals surface area contributed by atoms with Crippen molar-refractivity contribution in [2.24, 2.45) is 0 Å². The Morgan fingerprint density at radius 2 is 2.00 bits per heavy atom. The molecule has 2 heterocycles. The van der Waals surface area contributed by atoms with Gasteiger partial charge in [0.2, 0.25) is 0 Å². The van der Waals surface area contributed by atoms with Gasteiger partial charge in [-0.25, -0.2) is 4.68 Å². The molecular formula is C15H18N4O3. The van der Waals surface area contributed by atoms with E-state index in [9.17, 15) is 4.79 Å². The first kappa shape index (κ1) is 14.7. The fraction of sp³-hybridized carbons (Fsp3) is 0.400. The Kier molecular flexibility index (Phi) is 4.45. The molecule has 0 atom stereocenters. The second kappa shape index (κ2) is 6.67. The van der Waals surface area contributed by atoms with E-state index in [1.165, 1.54) is 0 Å². The molecule has 1 aliphatic heterocycles. The number of benzene rings is 1. The minimum absolute atomic E-state index is 0.127. The number of para-hydroxylation sites is 1. The zero-order valence-electron chi connectivity index (χ0n) is 12.4. The lowest BCUT2D eigenvalue weighted by Gasteiger charge is -2.26. The van der Waals surface area contributed by atoms with Gasteiger partial charge in [0.25, 0.3) is 5.91 Å². The van der Waals surface area contributed by atoms with Crippen LogP contribution in [-0.2, 0) is 16.1 Å². The van der Waals surface area contributed by atoms with Crippen molar-refractivity contribution in [2.45, 2.75) is 6.61 Å². The van der Waals surface area contributed by atoms with Crippen molar-refractivity contribution in [1.29, 1.82) is 0 Å². The monoisotopic (exact) mass is 302 g/mol. The zero-order valence-corrected chi connectivity index (χ0v) is 12.4. The third kappa shape index (κ3) is 2.86. The number of nitrogens with zero attached hydrogens (tertiary/aromatic N) is 4. The average molecular weight is 302 g/mol. The van der Waals surface area contributed by atoms with Crippen molar-refractivity contribution in [2.75, 3.05) is 33.4 Å².